The summed E-state index contributed by atoms with van der Waals surface area (Å²) in [7, 11) is -9.75. The number of fused-ring (bicyclic) bond motifs is 1. The molecule has 242 valence electrons. The van der Waals surface area contributed by atoms with Crippen LogP contribution in [0.3, 0.4) is 0 Å². The van der Waals surface area contributed by atoms with Crippen molar-refractivity contribution in [2.75, 3.05) is 13.2 Å². The first kappa shape index (κ1) is 35.8. The summed E-state index contributed by atoms with van der Waals surface area (Å²) >= 11 is 1.36. The molecule has 0 spiro atoms. The molecular formula is C27H38F5N5O4S2. The fraction of sp³-hybridized carbons (Fsp3) is 0.481. The van der Waals surface area contributed by atoms with Gasteiger partial charge in [-0.2, -0.15) is 0 Å². The molecule has 43 heavy (non-hydrogen) atoms. The summed E-state index contributed by atoms with van der Waals surface area (Å²) in [5.74, 6) is -1.01. The van der Waals surface area contributed by atoms with Gasteiger partial charge in [-0.15, -0.1) is 11.3 Å². The summed E-state index contributed by atoms with van der Waals surface area (Å²) in [6.45, 7) is 3.88. The van der Waals surface area contributed by atoms with Crippen molar-refractivity contribution in [3.63, 3.8) is 0 Å². The van der Waals surface area contributed by atoms with Gasteiger partial charge >= 0.3 is 10.2 Å². The standard InChI is InChI=1S/C24H28F5N5O4S2.C2H6.CH4/c25-40(26,27,28,29)18-5-3-16(4-6-18)38-7-1-2-21(35)32-12-22(36)34-19-9-14(19)10-20(34)24(37)33-11-17-8-15(13-39-17)23(30)31;1-2;/h3-6,8,13-14,19-20H,1-2,7,9-12H2,(H3,30,31)(H,32,35)(H,33,37);1-2H3;1H4. The van der Waals surface area contributed by atoms with Crippen molar-refractivity contribution in [1.29, 1.82) is 5.41 Å². The minimum absolute atomic E-state index is 0. The number of thiophene rings is 1. The number of carbonyl (C=O) groups is 3. The second kappa shape index (κ2) is 13.1. The number of nitrogens with zero attached hydrogens (tertiary/aromatic N) is 1. The van der Waals surface area contributed by atoms with Crippen molar-refractivity contribution in [1.82, 2.24) is 15.5 Å². The normalized spacial score (nSPS) is 20.2. The molecule has 2 aromatic rings. The Labute approximate surface area is 251 Å². The fourth-order valence-electron chi connectivity index (χ4n) is 4.53. The predicted octanol–water partition coefficient (Wildman–Crippen LogP) is 5.93. The average molecular weight is 656 g/mol. The van der Waals surface area contributed by atoms with Gasteiger partial charge in [-0.3, -0.25) is 19.8 Å². The Balaban J connectivity index is 0.00000211. The Kier molecular flexibility index (Phi) is 10.9. The van der Waals surface area contributed by atoms with E-state index in [4.69, 9.17) is 15.9 Å². The first-order chi connectivity index (χ1) is 19.5. The second-order valence-electron chi connectivity index (χ2n) is 9.72. The fourth-order valence-corrected chi connectivity index (χ4v) is 6.00. The van der Waals surface area contributed by atoms with Crippen molar-refractivity contribution in [3.05, 3.63) is 46.2 Å². The van der Waals surface area contributed by atoms with Crippen LogP contribution < -0.4 is 21.1 Å². The predicted molar refractivity (Wildman–Crippen MR) is 158 cm³/mol. The third-order valence-corrected chi connectivity index (χ3v) is 8.72. The van der Waals surface area contributed by atoms with Gasteiger partial charge in [0, 0.05) is 28.3 Å². The van der Waals surface area contributed by atoms with Gasteiger partial charge in [0.05, 0.1) is 19.7 Å². The molecule has 1 aromatic carbocycles. The molecule has 16 heteroatoms. The van der Waals surface area contributed by atoms with E-state index in [1.165, 1.54) is 16.2 Å². The molecule has 2 aliphatic rings. The number of hydrogen-bond donors (Lipinski definition) is 4. The number of amides is 3. The van der Waals surface area contributed by atoms with Crippen LogP contribution in [0.25, 0.3) is 0 Å². The van der Waals surface area contributed by atoms with Gasteiger partial charge in [0.1, 0.15) is 22.5 Å². The number of rotatable bonds is 12. The third-order valence-electron chi connectivity index (χ3n) is 6.62. The van der Waals surface area contributed by atoms with E-state index in [0.717, 1.165) is 23.4 Å². The van der Waals surface area contributed by atoms with Gasteiger partial charge in [-0.1, -0.05) is 40.7 Å². The zero-order chi connectivity index (χ0) is 31.4. The van der Waals surface area contributed by atoms with Crippen LogP contribution in [0.5, 0.6) is 5.75 Å². The van der Waals surface area contributed by atoms with E-state index in [1.807, 2.05) is 13.8 Å². The highest BCUT2D eigenvalue weighted by Crippen LogP contribution is 3.02. The zero-order valence-corrected chi connectivity index (χ0v) is 24.6. The van der Waals surface area contributed by atoms with E-state index >= 15 is 0 Å². The number of nitrogens with two attached hydrogens (primary N) is 1. The molecule has 5 N–H and O–H groups in total. The number of hydrogen-bond acceptors (Lipinski definition) is 6. The van der Waals surface area contributed by atoms with E-state index in [0.29, 0.717) is 12.0 Å². The van der Waals surface area contributed by atoms with Gasteiger partial charge in [0.25, 0.3) is 0 Å². The van der Waals surface area contributed by atoms with E-state index in [1.54, 1.807) is 11.4 Å². The highest BCUT2D eigenvalue weighted by molar-refractivity contribution is 8.45. The number of carbonyl (C=O) groups excluding carboxylic acids is 3. The van der Waals surface area contributed by atoms with E-state index in [9.17, 15) is 33.8 Å². The van der Waals surface area contributed by atoms with Crippen LogP contribution >= 0.6 is 21.6 Å². The monoisotopic (exact) mass is 655 g/mol. The first-order valence-electron chi connectivity index (χ1n) is 13.3. The lowest BCUT2D eigenvalue weighted by Gasteiger charge is -2.40. The summed E-state index contributed by atoms with van der Waals surface area (Å²) in [6, 6.07) is 3.10. The smallest absolute Gasteiger partial charge is 0.310 e. The number of halogens is 5. The van der Waals surface area contributed by atoms with E-state index in [-0.39, 0.29) is 87.5 Å². The highest BCUT2D eigenvalue weighted by Gasteiger charge is 2.65. The van der Waals surface area contributed by atoms with Crippen molar-refractivity contribution < 1.29 is 38.5 Å². The molecule has 9 nitrogen and oxygen atoms in total. The number of likely N-dealkylation sites (tertiary alicyclic amines) is 1. The molecule has 1 aromatic heterocycles. The third kappa shape index (κ3) is 9.81. The topological polar surface area (TPSA) is 138 Å². The SMILES string of the molecule is C.CC.N=C(N)c1csc(CNC(=O)C2CC3CC3N2C(=O)CNC(=O)CCCOc2ccc(S(F)(F)(F)(F)F)cc2)c1. The number of nitrogens with one attached hydrogen (secondary N) is 3. The Morgan fingerprint density at radius 3 is 2.33 bits per heavy atom. The maximum Gasteiger partial charge on any atom is 0.310 e. The molecule has 3 amide bonds. The Hall–Kier alpha value is -3.40. The maximum atomic E-state index is 12.9. The molecule has 1 aliphatic carbocycles. The number of benzene rings is 1. The van der Waals surface area contributed by atoms with Crippen molar-refractivity contribution in [2.45, 2.75) is 70.5 Å². The van der Waals surface area contributed by atoms with Crippen molar-refractivity contribution >= 4 is 45.1 Å². The van der Waals surface area contributed by atoms with Gasteiger partial charge in [-0.25, -0.2) is 0 Å². The lowest BCUT2D eigenvalue weighted by molar-refractivity contribution is -0.140. The molecule has 3 atom stereocenters. The Bertz CT molecular complexity index is 1320. The summed E-state index contributed by atoms with van der Waals surface area (Å²) < 4.78 is 69.1. The lowest BCUT2D eigenvalue weighted by Crippen LogP contribution is -2.50. The molecule has 2 fully saturated rings. The summed E-state index contributed by atoms with van der Waals surface area (Å²) in [6.07, 6.45) is 1.46. The molecule has 3 unspecified atom stereocenters. The molecule has 2 heterocycles. The molecular weight excluding hydrogens is 617 g/mol. The van der Waals surface area contributed by atoms with Gasteiger partial charge in [0.15, 0.2) is 0 Å². The minimum atomic E-state index is -9.75. The average Bonchev–Trinajstić information content (AvgIpc) is 3.33. The molecule has 4 rings (SSSR count). The quantitative estimate of drug-likeness (QED) is 0.0972. The highest BCUT2D eigenvalue weighted by atomic mass is 32.5. The molecule has 1 aliphatic heterocycles. The minimum Gasteiger partial charge on any atom is -0.494 e. The lowest BCUT2D eigenvalue weighted by atomic mass is 10.1. The first-order valence-corrected chi connectivity index (χ1v) is 16.1. The molecule has 0 radical (unpaired) electrons. The van der Waals surface area contributed by atoms with Gasteiger partial charge in [-0.05, 0) is 55.5 Å². The van der Waals surface area contributed by atoms with Gasteiger partial charge in [0.2, 0.25) is 17.7 Å². The Morgan fingerprint density at radius 2 is 1.74 bits per heavy atom. The second-order valence-corrected chi connectivity index (χ2v) is 13.1. The summed E-state index contributed by atoms with van der Waals surface area (Å²) in [5, 5.41) is 14.5. The Morgan fingerprint density at radius 1 is 1.09 bits per heavy atom. The number of piperidine rings is 1. The summed E-state index contributed by atoms with van der Waals surface area (Å²) in [5.41, 5.74) is 6.03. The summed E-state index contributed by atoms with van der Waals surface area (Å²) in [4.78, 5) is 38.2. The van der Waals surface area contributed by atoms with Crippen LogP contribution in [0.15, 0.2) is 40.6 Å². The van der Waals surface area contributed by atoms with Crippen LogP contribution in [0.4, 0.5) is 19.4 Å². The van der Waals surface area contributed by atoms with Crippen LogP contribution in [-0.2, 0) is 20.9 Å². The van der Waals surface area contributed by atoms with Crippen molar-refractivity contribution in [3.8, 4) is 5.75 Å². The number of amidine groups is 1. The van der Waals surface area contributed by atoms with Crippen molar-refractivity contribution in [2.24, 2.45) is 11.7 Å². The largest absolute Gasteiger partial charge is 0.494 e. The van der Waals surface area contributed by atoms with Crippen LogP contribution in [0.1, 0.15) is 57.4 Å². The van der Waals surface area contributed by atoms with E-state index in [2.05, 4.69) is 10.6 Å². The van der Waals surface area contributed by atoms with Crippen LogP contribution in [0.2, 0.25) is 0 Å². The van der Waals surface area contributed by atoms with E-state index < -0.39 is 27.1 Å². The molecule has 0 bridgehead atoms. The maximum absolute atomic E-state index is 12.9. The molecule has 1 saturated heterocycles. The van der Waals surface area contributed by atoms with Gasteiger partial charge < -0.3 is 26.0 Å². The zero-order valence-electron chi connectivity index (χ0n) is 23.0. The number of ether oxygens (including phenoxy) is 1. The van der Waals surface area contributed by atoms with Crippen LogP contribution in [-0.4, -0.2) is 53.7 Å². The molecule has 1 saturated carbocycles. The van der Waals surface area contributed by atoms with Crippen LogP contribution in [0, 0.1) is 11.3 Å². The number of nitrogen functional groups attached to an aromatic ring is 1.